The normalized spacial score (nSPS) is 28.4. The van der Waals surface area contributed by atoms with Crippen LogP contribution in [-0.4, -0.2) is 55.6 Å². The fraction of sp³-hybridized carbons (Fsp3) is 0.905. The minimum absolute atomic E-state index is 0.00000763. The first-order valence-electron chi connectivity index (χ1n) is 10.7. The molecule has 1 aliphatic carbocycles. The molecule has 1 saturated carbocycles. The van der Waals surface area contributed by atoms with E-state index in [1.165, 1.54) is 32.4 Å². The molecule has 2 atom stereocenters. The maximum absolute atomic E-state index is 12.2. The Labute approximate surface area is 165 Å². The second-order valence-electron chi connectivity index (χ2n) is 9.82. The molecule has 2 fully saturated rings. The highest BCUT2D eigenvalue weighted by Gasteiger charge is 2.41. The maximum atomic E-state index is 12.2. The Kier molecular flexibility index (Phi) is 7.95. The SMILES string of the molecule is CC(=O)NC1CC(C)(C)CC(C)(CNC(=O)NCCCN2CCCCC2)C1. The number of piperidine rings is 1. The van der Waals surface area contributed by atoms with Gasteiger partial charge in [0.2, 0.25) is 5.91 Å². The Morgan fingerprint density at radius 2 is 1.74 bits per heavy atom. The van der Waals surface area contributed by atoms with E-state index in [-0.39, 0.29) is 28.8 Å². The summed E-state index contributed by atoms with van der Waals surface area (Å²) in [6.45, 7) is 13.1. The van der Waals surface area contributed by atoms with E-state index < -0.39 is 0 Å². The molecule has 0 aromatic carbocycles. The molecule has 0 bridgehead atoms. The number of carbonyl (C=O) groups excluding carboxylic acids is 2. The first-order valence-corrected chi connectivity index (χ1v) is 10.7. The molecule has 2 rings (SSSR count). The Bertz CT molecular complexity index is 502. The van der Waals surface area contributed by atoms with Gasteiger partial charge < -0.3 is 20.9 Å². The van der Waals surface area contributed by atoms with Crippen LogP contribution in [0.5, 0.6) is 0 Å². The number of amides is 3. The van der Waals surface area contributed by atoms with Crippen LogP contribution >= 0.6 is 0 Å². The number of nitrogens with one attached hydrogen (secondary N) is 3. The zero-order valence-corrected chi connectivity index (χ0v) is 17.8. The lowest BCUT2D eigenvalue weighted by Gasteiger charge is -2.46. The third kappa shape index (κ3) is 8.08. The van der Waals surface area contributed by atoms with Gasteiger partial charge in [0, 0.05) is 26.1 Å². The Morgan fingerprint density at radius 3 is 2.41 bits per heavy atom. The number of urea groups is 1. The molecule has 2 aliphatic rings. The van der Waals surface area contributed by atoms with Crippen LogP contribution in [0.2, 0.25) is 0 Å². The molecule has 0 radical (unpaired) electrons. The van der Waals surface area contributed by atoms with Gasteiger partial charge in [-0.05, 0) is 69.0 Å². The van der Waals surface area contributed by atoms with E-state index in [9.17, 15) is 9.59 Å². The lowest BCUT2D eigenvalue weighted by molar-refractivity contribution is -0.120. The van der Waals surface area contributed by atoms with Gasteiger partial charge in [-0.2, -0.15) is 0 Å². The van der Waals surface area contributed by atoms with Crippen molar-refractivity contribution in [1.82, 2.24) is 20.9 Å². The minimum atomic E-state index is -0.0747. The molecule has 1 saturated heterocycles. The molecule has 3 amide bonds. The van der Waals surface area contributed by atoms with Crippen molar-refractivity contribution >= 4 is 11.9 Å². The molecule has 0 aromatic rings. The van der Waals surface area contributed by atoms with Crippen molar-refractivity contribution in [2.45, 2.75) is 78.7 Å². The summed E-state index contributed by atoms with van der Waals surface area (Å²) in [5, 5.41) is 9.14. The summed E-state index contributed by atoms with van der Waals surface area (Å²) in [6.07, 6.45) is 7.92. The number of nitrogens with zero attached hydrogens (tertiary/aromatic N) is 1. The van der Waals surface area contributed by atoms with Crippen LogP contribution in [0.25, 0.3) is 0 Å². The van der Waals surface area contributed by atoms with Gasteiger partial charge in [-0.1, -0.05) is 27.2 Å². The summed E-state index contributed by atoms with van der Waals surface area (Å²) in [4.78, 5) is 26.2. The van der Waals surface area contributed by atoms with Crippen molar-refractivity contribution in [3.63, 3.8) is 0 Å². The molecule has 0 aromatic heterocycles. The van der Waals surface area contributed by atoms with Crippen molar-refractivity contribution in [3.05, 3.63) is 0 Å². The van der Waals surface area contributed by atoms with Crippen molar-refractivity contribution in [1.29, 1.82) is 0 Å². The highest BCUT2D eigenvalue weighted by molar-refractivity contribution is 5.74. The van der Waals surface area contributed by atoms with Crippen LogP contribution in [0.15, 0.2) is 0 Å². The second kappa shape index (κ2) is 9.76. The maximum Gasteiger partial charge on any atom is 0.314 e. The Hall–Kier alpha value is -1.30. The average molecular weight is 381 g/mol. The molecule has 6 nitrogen and oxygen atoms in total. The predicted octanol–water partition coefficient (Wildman–Crippen LogP) is 2.88. The summed E-state index contributed by atoms with van der Waals surface area (Å²) in [7, 11) is 0. The predicted molar refractivity (Wildman–Crippen MR) is 110 cm³/mol. The lowest BCUT2D eigenvalue weighted by Crippen LogP contribution is -2.51. The largest absolute Gasteiger partial charge is 0.354 e. The number of carbonyl (C=O) groups is 2. The number of rotatable bonds is 7. The molecule has 6 heteroatoms. The van der Waals surface area contributed by atoms with Crippen LogP contribution in [0, 0.1) is 10.8 Å². The number of hydrogen-bond acceptors (Lipinski definition) is 3. The van der Waals surface area contributed by atoms with Crippen LogP contribution in [-0.2, 0) is 4.79 Å². The van der Waals surface area contributed by atoms with E-state index in [1.807, 2.05) is 0 Å². The minimum Gasteiger partial charge on any atom is -0.354 e. The van der Waals surface area contributed by atoms with Crippen molar-refractivity contribution < 1.29 is 9.59 Å². The van der Waals surface area contributed by atoms with Gasteiger partial charge >= 0.3 is 6.03 Å². The highest BCUT2D eigenvalue weighted by Crippen LogP contribution is 2.45. The van der Waals surface area contributed by atoms with Crippen LogP contribution < -0.4 is 16.0 Å². The smallest absolute Gasteiger partial charge is 0.314 e. The number of hydrogen-bond donors (Lipinski definition) is 3. The van der Waals surface area contributed by atoms with E-state index in [1.54, 1.807) is 6.92 Å². The van der Waals surface area contributed by atoms with Gasteiger partial charge in [0.25, 0.3) is 0 Å². The summed E-state index contributed by atoms with van der Waals surface area (Å²) in [6, 6.07) is 0.111. The fourth-order valence-electron chi connectivity index (χ4n) is 5.20. The fourth-order valence-corrected chi connectivity index (χ4v) is 5.20. The molecule has 3 N–H and O–H groups in total. The summed E-state index contributed by atoms with van der Waals surface area (Å²) in [5.41, 5.74) is 0.159. The van der Waals surface area contributed by atoms with Gasteiger partial charge in [-0.3, -0.25) is 4.79 Å². The monoisotopic (exact) mass is 380 g/mol. The van der Waals surface area contributed by atoms with E-state index in [4.69, 9.17) is 0 Å². The van der Waals surface area contributed by atoms with Gasteiger partial charge in [0.15, 0.2) is 0 Å². The van der Waals surface area contributed by atoms with Gasteiger partial charge in [-0.15, -0.1) is 0 Å². The van der Waals surface area contributed by atoms with Gasteiger partial charge in [-0.25, -0.2) is 4.79 Å². The van der Waals surface area contributed by atoms with E-state index in [2.05, 4.69) is 41.6 Å². The van der Waals surface area contributed by atoms with Crippen LogP contribution in [0.4, 0.5) is 4.79 Å². The molecule has 156 valence electrons. The highest BCUT2D eigenvalue weighted by atomic mass is 16.2. The summed E-state index contributed by atoms with van der Waals surface area (Å²) >= 11 is 0. The zero-order chi connectivity index (χ0) is 19.9. The second-order valence-corrected chi connectivity index (χ2v) is 9.82. The molecule has 1 aliphatic heterocycles. The van der Waals surface area contributed by atoms with Gasteiger partial charge in [0.1, 0.15) is 0 Å². The standard InChI is InChI=1S/C21H40N4O2/c1-17(26)24-18-13-20(2,3)15-21(4,14-18)16-23-19(27)22-9-8-12-25-10-6-5-7-11-25/h18H,5-16H2,1-4H3,(H,24,26)(H2,22,23,27). The van der Waals surface area contributed by atoms with E-state index in [0.29, 0.717) is 6.54 Å². The Balaban J connectivity index is 1.69. The van der Waals surface area contributed by atoms with Gasteiger partial charge in [0.05, 0.1) is 0 Å². The third-order valence-electron chi connectivity index (χ3n) is 5.91. The number of likely N-dealkylation sites (tertiary alicyclic amines) is 1. The average Bonchev–Trinajstić information content (AvgIpc) is 2.55. The van der Waals surface area contributed by atoms with Crippen molar-refractivity contribution in [3.8, 4) is 0 Å². The summed E-state index contributed by atoms with van der Waals surface area (Å²) in [5.74, 6) is 0.0273. The lowest BCUT2D eigenvalue weighted by atomic mass is 9.62. The summed E-state index contributed by atoms with van der Waals surface area (Å²) < 4.78 is 0. The van der Waals surface area contributed by atoms with Crippen molar-refractivity contribution in [2.24, 2.45) is 10.8 Å². The molecule has 0 spiro atoms. The quantitative estimate of drug-likeness (QED) is 0.595. The Morgan fingerprint density at radius 1 is 1.04 bits per heavy atom. The van der Waals surface area contributed by atoms with Crippen LogP contribution in [0.3, 0.4) is 0 Å². The zero-order valence-electron chi connectivity index (χ0n) is 17.8. The van der Waals surface area contributed by atoms with Crippen LogP contribution in [0.1, 0.15) is 72.6 Å². The topological polar surface area (TPSA) is 73.5 Å². The van der Waals surface area contributed by atoms with Crippen molar-refractivity contribution in [2.75, 3.05) is 32.7 Å². The first-order chi connectivity index (χ1) is 12.7. The van der Waals surface area contributed by atoms with E-state index in [0.717, 1.165) is 38.8 Å². The molecular formula is C21H40N4O2. The van der Waals surface area contributed by atoms with E-state index >= 15 is 0 Å². The molecule has 2 unspecified atom stereocenters. The molecule has 1 heterocycles. The third-order valence-corrected chi connectivity index (χ3v) is 5.91. The molecular weight excluding hydrogens is 340 g/mol. The first kappa shape index (κ1) is 22.0. The molecule has 27 heavy (non-hydrogen) atoms.